The van der Waals surface area contributed by atoms with Crippen molar-refractivity contribution < 1.29 is 0 Å². The minimum atomic E-state index is 0.0709. The molecule has 8 aromatic rings. The first-order valence-corrected chi connectivity index (χ1v) is 25.5. The van der Waals surface area contributed by atoms with Crippen molar-refractivity contribution in [2.24, 2.45) is 0 Å². The van der Waals surface area contributed by atoms with E-state index in [-0.39, 0.29) is 10.8 Å². The third-order valence-electron chi connectivity index (χ3n) is 15.1. The van der Waals surface area contributed by atoms with E-state index >= 15 is 0 Å². The molecule has 0 unspecified atom stereocenters. The molecule has 0 saturated carbocycles. The zero-order chi connectivity index (χ0) is 49.7. The Morgan fingerprint density at radius 3 is 1.71 bits per heavy atom. The highest BCUT2D eigenvalue weighted by Crippen LogP contribution is 2.48. The summed E-state index contributed by atoms with van der Waals surface area (Å²) in [7, 11) is 0. The van der Waals surface area contributed by atoms with Crippen LogP contribution in [0.3, 0.4) is 0 Å². The van der Waals surface area contributed by atoms with Gasteiger partial charge in [-0.2, -0.15) is 0 Å². The molecular weight excluding hydrogens is 841 g/mol. The lowest BCUT2D eigenvalue weighted by molar-refractivity contribution is 0.644. The van der Waals surface area contributed by atoms with E-state index in [1.807, 2.05) is 13.8 Å². The van der Waals surface area contributed by atoms with E-state index < -0.39 is 0 Å². The quantitative estimate of drug-likeness (QED) is 0.161. The Bertz CT molecular complexity index is 3300. The number of rotatable bonds is 5. The summed E-state index contributed by atoms with van der Waals surface area (Å²) in [5.41, 5.74) is 28.0. The monoisotopic (exact) mass is 913 g/mol. The Kier molecular flexibility index (Phi) is 14.8. The van der Waals surface area contributed by atoms with Gasteiger partial charge in [0.2, 0.25) is 0 Å². The highest BCUT2D eigenvalue weighted by Gasteiger charge is 2.36. The van der Waals surface area contributed by atoms with Gasteiger partial charge in [-0.05, 0) is 160 Å². The summed E-state index contributed by atoms with van der Waals surface area (Å²) >= 11 is 0. The number of hydrogen-bond acceptors (Lipinski definition) is 0. The second-order valence-corrected chi connectivity index (χ2v) is 20.3. The lowest BCUT2D eigenvalue weighted by atomic mass is 9.80. The van der Waals surface area contributed by atoms with Gasteiger partial charge in [0.05, 0.1) is 0 Å². The summed E-state index contributed by atoms with van der Waals surface area (Å²) in [5.74, 6) is 0. The van der Waals surface area contributed by atoms with Crippen LogP contribution in [0, 0.1) is 20.8 Å². The fourth-order valence-electron chi connectivity index (χ4n) is 11.1. The molecule has 0 spiro atoms. The summed E-state index contributed by atoms with van der Waals surface area (Å²) in [6.45, 7) is 26.5. The smallest absolute Gasteiger partial charge is 0.0155 e. The van der Waals surface area contributed by atoms with Crippen LogP contribution in [0.1, 0.15) is 124 Å². The molecule has 0 heterocycles. The summed E-state index contributed by atoms with van der Waals surface area (Å²) in [4.78, 5) is 0. The standard InChI is InChI=1S/C24H18.2C22H24.C2H6/c1-16-13-14-23(20-10-5-4-8-18(16)20)22-12-6-11-21-19-9-3-2-7-17(19)15-24(21)22;1-15-11-12-19-17(3)20(22(4,5)21(19)13-15)14-16(2)18-9-7-6-8-10-18;1-5-17(18-9-7-6-8-10-18)14-20-15-19-12-11-16(2)13-21(19)22(20,3)4;1-2/h2-14H,15H2,1H3;6-14H,1-5H3;5-14H,15H2,1-4H3;1-2H3/b;16-14+;17-5+,20-14+;. The lowest BCUT2D eigenvalue weighted by Gasteiger charge is -2.24. The Labute approximate surface area is 420 Å². The van der Waals surface area contributed by atoms with Gasteiger partial charge in [0.1, 0.15) is 0 Å². The molecule has 8 aromatic carbocycles. The number of fused-ring (bicyclic) bond motifs is 6. The van der Waals surface area contributed by atoms with E-state index in [4.69, 9.17) is 0 Å². The average Bonchev–Trinajstić information content (AvgIpc) is 3.95. The molecule has 0 aliphatic heterocycles. The van der Waals surface area contributed by atoms with Gasteiger partial charge in [0.25, 0.3) is 0 Å². The van der Waals surface area contributed by atoms with E-state index in [0.29, 0.717) is 0 Å². The Balaban J connectivity index is 0.000000139. The first-order chi connectivity index (χ1) is 33.8. The zero-order valence-corrected chi connectivity index (χ0v) is 43.9. The second-order valence-electron chi connectivity index (χ2n) is 20.3. The second kappa shape index (κ2) is 20.9. The number of allylic oxidation sites excluding steroid dienone is 8. The molecular formula is C70H72. The van der Waals surface area contributed by atoms with Crippen LogP contribution >= 0.6 is 0 Å². The molecule has 0 saturated heterocycles. The van der Waals surface area contributed by atoms with Crippen molar-refractivity contribution in [1.29, 1.82) is 0 Å². The van der Waals surface area contributed by atoms with Crippen LogP contribution in [-0.2, 0) is 23.7 Å². The highest BCUT2D eigenvalue weighted by molar-refractivity contribution is 6.00. The molecule has 3 aliphatic carbocycles. The first-order valence-electron chi connectivity index (χ1n) is 25.5. The minimum absolute atomic E-state index is 0.0709. The molecule has 11 rings (SSSR count). The molecule has 0 heteroatoms. The SMILES string of the molecule is C/C=C(\C=C1/Cc2ccc(C)cc2C1(C)C)c1ccccc1.CC.CC1=C(/C=C(\C)c2ccccc2)C(C)(C)c2cc(C)ccc21.Cc1ccc(-c2cccc3c2Cc2ccccc2-3)c2ccccc12. The third kappa shape index (κ3) is 9.75. The van der Waals surface area contributed by atoms with E-state index in [9.17, 15) is 0 Å². The van der Waals surface area contributed by atoms with Gasteiger partial charge >= 0.3 is 0 Å². The van der Waals surface area contributed by atoms with Gasteiger partial charge in [-0.3, -0.25) is 0 Å². The topological polar surface area (TPSA) is 0 Å². The summed E-state index contributed by atoms with van der Waals surface area (Å²) in [6.07, 6.45) is 9.08. The van der Waals surface area contributed by atoms with Crippen LogP contribution in [-0.4, -0.2) is 0 Å². The summed E-state index contributed by atoms with van der Waals surface area (Å²) in [6, 6.07) is 63.8. The Hall–Kier alpha value is -7.02. The number of aryl methyl sites for hydroxylation is 3. The average molecular weight is 913 g/mol. The predicted octanol–water partition coefficient (Wildman–Crippen LogP) is 19.4. The van der Waals surface area contributed by atoms with Crippen molar-refractivity contribution in [3.63, 3.8) is 0 Å². The van der Waals surface area contributed by atoms with Crippen LogP contribution in [0.25, 0.3) is 49.7 Å². The largest absolute Gasteiger partial charge is 0.0798 e. The molecule has 70 heavy (non-hydrogen) atoms. The van der Waals surface area contributed by atoms with E-state index in [1.54, 1.807) is 0 Å². The minimum Gasteiger partial charge on any atom is -0.0798 e. The highest BCUT2D eigenvalue weighted by atomic mass is 14.4. The molecule has 0 N–H and O–H groups in total. The van der Waals surface area contributed by atoms with Crippen molar-refractivity contribution in [2.75, 3.05) is 0 Å². The van der Waals surface area contributed by atoms with Gasteiger partial charge in [-0.25, -0.2) is 0 Å². The van der Waals surface area contributed by atoms with Crippen molar-refractivity contribution in [3.8, 4) is 22.3 Å². The molecule has 0 amide bonds. The van der Waals surface area contributed by atoms with Crippen molar-refractivity contribution >= 4 is 27.5 Å². The molecule has 0 aromatic heterocycles. The molecule has 0 nitrogen and oxygen atoms in total. The van der Waals surface area contributed by atoms with Gasteiger partial charge in [0, 0.05) is 10.8 Å². The molecule has 0 radical (unpaired) electrons. The van der Waals surface area contributed by atoms with Gasteiger partial charge in [-0.1, -0.05) is 252 Å². The Morgan fingerprint density at radius 1 is 0.471 bits per heavy atom. The first kappa shape index (κ1) is 49.4. The maximum absolute atomic E-state index is 2.39. The molecule has 3 aliphatic rings. The van der Waals surface area contributed by atoms with Gasteiger partial charge < -0.3 is 0 Å². The maximum Gasteiger partial charge on any atom is 0.0155 e. The van der Waals surface area contributed by atoms with Gasteiger partial charge in [0.15, 0.2) is 0 Å². The van der Waals surface area contributed by atoms with Crippen molar-refractivity contribution in [2.45, 2.75) is 107 Å². The zero-order valence-electron chi connectivity index (χ0n) is 43.9. The lowest BCUT2D eigenvalue weighted by Crippen LogP contribution is -2.16. The fraction of sp³-hybridized carbons (Fsp3) is 0.229. The van der Waals surface area contributed by atoms with Gasteiger partial charge in [-0.15, -0.1) is 0 Å². The van der Waals surface area contributed by atoms with E-state index in [1.165, 1.54) is 122 Å². The van der Waals surface area contributed by atoms with Crippen LogP contribution in [0.15, 0.2) is 205 Å². The van der Waals surface area contributed by atoms with Crippen LogP contribution in [0.4, 0.5) is 0 Å². The molecule has 0 fully saturated rings. The van der Waals surface area contributed by atoms with Crippen molar-refractivity contribution in [1.82, 2.24) is 0 Å². The molecule has 0 bridgehead atoms. The molecule has 352 valence electrons. The van der Waals surface area contributed by atoms with Crippen LogP contribution in [0.2, 0.25) is 0 Å². The Morgan fingerprint density at radius 2 is 1.03 bits per heavy atom. The normalized spacial score (nSPS) is 15.4. The summed E-state index contributed by atoms with van der Waals surface area (Å²) < 4.78 is 0. The van der Waals surface area contributed by atoms with Crippen LogP contribution in [0.5, 0.6) is 0 Å². The number of hydrogen-bond donors (Lipinski definition) is 0. The van der Waals surface area contributed by atoms with Crippen LogP contribution < -0.4 is 0 Å². The molecule has 0 atom stereocenters. The summed E-state index contributed by atoms with van der Waals surface area (Å²) in [5, 5.41) is 2.70. The number of benzene rings is 8. The van der Waals surface area contributed by atoms with E-state index in [2.05, 4.69) is 263 Å². The maximum atomic E-state index is 2.39. The van der Waals surface area contributed by atoms with Crippen molar-refractivity contribution in [3.05, 3.63) is 266 Å². The predicted molar refractivity (Wildman–Crippen MR) is 307 cm³/mol. The van der Waals surface area contributed by atoms with E-state index in [0.717, 1.165) is 12.8 Å². The third-order valence-corrected chi connectivity index (χ3v) is 15.1. The fourth-order valence-corrected chi connectivity index (χ4v) is 11.1.